The molecule has 8 heteroatoms. The van der Waals surface area contributed by atoms with E-state index in [0.717, 1.165) is 39.0 Å². The largest absolute Gasteiger partial charge is 0.332 e. The number of aromatic nitrogens is 5. The van der Waals surface area contributed by atoms with Gasteiger partial charge in [0.2, 0.25) is 0 Å². The number of anilines is 2. The standard InChI is InChI=1S/C24H20N6O2/c1-14-4-5-18(27-24-28-22(32-29-24)16-6-8-25-9-7-16)12-19(14)20-11-17-13-26-15(2)10-21(17)30(3)23(20)31/h4-13H,1-3H3,(H,27,29). The molecule has 0 unspecified atom stereocenters. The highest BCUT2D eigenvalue weighted by atomic mass is 16.5. The molecule has 5 rings (SSSR count). The molecule has 1 N–H and O–H groups in total. The lowest BCUT2D eigenvalue weighted by Gasteiger charge is -2.12. The van der Waals surface area contributed by atoms with Crippen LogP contribution in [0.25, 0.3) is 33.5 Å². The molecular weight excluding hydrogens is 404 g/mol. The molecule has 0 amide bonds. The maximum atomic E-state index is 13.2. The topological polar surface area (TPSA) is 98.7 Å². The highest BCUT2D eigenvalue weighted by Crippen LogP contribution is 2.28. The van der Waals surface area contributed by atoms with Crippen molar-refractivity contribution >= 4 is 22.5 Å². The Kier molecular flexibility index (Phi) is 4.74. The van der Waals surface area contributed by atoms with Crippen molar-refractivity contribution in [3.8, 4) is 22.6 Å². The third-order valence-corrected chi connectivity index (χ3v) is 5.38. The number of benzene rings is 1. The van der Waals surface area contributed by atoms with E-state index in [1.807, 2.05) is 44.2 Å². The van der Waals surface area contributed by atoms with Crippen molar-refractivity contribution in [2.45, 2.75) is 13.8 Å². The first-order chi connectivity index (χ1) is 15.5. The predicted octanol–water partition coefficient (Wildman–Crippen LogP) is 4.41. The molecule has 0 atom stereocenters. The van der Waals surface area contributed by atoms with Crippen LogP contribution >= 0.6 is 0 Å². The Hall–Kier alpha value is -4.33. The zero-order valence-electron chi connectivity index (χ0n) is 17.8. The van der Waals surface area contributed by atoms with E-state index in [1.165, 1.54) is 0 Å². The molecule has 0 saturated heterocycles. The average Bonchev–Trinajstić information content (AvgIpc) is 3.27. The smallest absolute Gasteiger partial charge is 0.268 e. The third-order valence-electron chi connectivity index (χ3n) is 5.38. The summed E-state index contributed by atoms with van der Waals surface area (Å²) in [5.74, 6) is 0.728. The quantitative estimate of drug-likeness (QED) is 0.456. The van der Waals surface area contributed by atoms with Gasteiger partial charge in [0.25, 0.3) is 17.4 Å². The molecule has 0 fully saturated rings. The van der Waals surface area contributed by atoms with Crippen molar-refractivity contribution in [2.75, 3.05) is 5.32 Å². The number of fused-ring (bicyclic) bond motifs is 1. The summed E-state index contributed by atoms with van der Waals surface area (Å²) in [4.78, 5) is 25.9. The Labute approximate surface area is 183 Å². The van der Waals surface area contributed by atoms with Crippen LogP contribution in [0.15, 0.2) is 70.4 Å². The fourth-order valence-corrected chi connectivity index (χ4v) is 3.66. The van der Waals surface area contributed by atoms with E-state index in [2.05, 4.69) is 25.4 Å². The van der Waals surface area contributed by atoms with Crippen LogP contribution in [0.2, 0.25) is 0 Å². The van der Waals surface area contributed by atoms with E-state index in [-0.39, 0.29) is 5.56 Å². The molecule has 1 aromatic carbocycles. The summed E-state index contributed by atoms with van der Waals surface area (Å²) in [6.45, 7) is 3.89. The van der Waals surface area contributed by atoms with Gasteiger partial charge in [0.15, 0.2) is 0 Å². The molecule has 0 saturated carbocycles. The van der Waals surface area contributed by atoms with Gasteiger partial charge in [0, 0.05) is 53.5 Å². The Morgan fingerprint density at radius 3 is 2.62 bits per heavy atom. The summed E-state index contributed by atoms with van der Waals surface area (Å²) in [6, 6.07) is 13.2. The fraction of sp³-hybridized carbons (Fsp3) is 0.125. The fourth-order valence-electron chi connectivity index (χ4n) is 3.66. The van der Waals surface area contributed by atoms with Gasteiger partial charge in [-0.3, -0.25) is 14.8 Å². The van der Waals surface area contributed by atoms with Crippen LogP contribution in [0, 0.1) is 13.8 Å². The van der Waals surface area contributed by atoms with Crippen LogP contribution in [-0.2, 0) is 7.05 Å². The molecule has 4 aromatic heterocycles. The summed E-state index contributed by atoms with van der Waals surface area (Å²) in [5.41, 5.74) is 5.61. The van der Waals surface area contributed by atoms with Gasteiger partial charge in [-0.05, 0) is 66.5 Å². The minimum Gasteiger partial charge on any atom is -0.332 e. The number of nitrogens with one attached hydrogen (secondary N) is 1. The van der Waals surface area contributed by atoms with Gasteiger partial charge in [0.05, 0.1) is 5.52 Å². The third kappa shape index (κ3) is 3.51. The van der Waals surface area contributed by atoms with E-state index >= 15 is 0 Å². The van der Waals surface area contributed by atoms with Gasteiger partial charge in [-0.1, -0.05) is 6.07 Å². The monoisotopic (exact) mass is 424 g/mol. The summed E-state index contributed by atoms with van der Waals surface area (Å²) in [7, 11) is 1.78. The van der Waals surface area contributed by atoms with Crippen molar-refractivity contribution in [1.82, 2.24) is 24.7 Å². The lowest BCUT2D eigenvalue weighted by Crippen LogP contribution is -2.19. The molecule has 0 spiro atoms. The van der Waals surface area contributed by atoms with Crippen LogP contribution in [0.1, 0.15) is 11.3 Å². The number of pyridine rings is 3. The number of aryl methyl sites for hydroxylation is 3. The Morgan fingerprint density at radius 2 is 1.81 bits per heavy atom. The molecular formula is C24H20N6O2. The second-order valence-corrected chi connectivity index (χ2v) is 7.62. The Bertz CT molecular complexity index is 1500. The van der Waals surface area contributed by atoms with Gasteiger partial charge in [0.1, 0.15) is 0 Å². The van der Waals surface area contributed by atoms with E-state index in [4.69, 9.17) is 4.52 Å². The van der Waals surface area contributed by atoms with Crippen molar-refractivity contribution < 1.29 is 4.52 Å². The van der Waals surface area contributed by atoms with Crippen LogP contribution < -0.4 is 10.9 Å². The first kappa shape index (κ1) is 19.6. The zero-order chi connectivity index (χ0) is 22.2. The van der Waals surface area contributed by atoms with Crippen LogP contribution in [0.5, 0.6) is 0 Å². The SMILES string of the molecule is Cc1cc2c(cn1)cc(-c1cc(Nc3noc(-c4ccncc4)n3)ccc1C)c(=O)n2C. The van der Waals surface area contributed by atoms with Crippen molar-refractivity contribution in [3.63, 3.8) is 0 Å². The number of hydrogen-bond donors (Lipinski definition) is 1. The zero-order valence-corrected chi connectivity index (χ0v) is 17.8. The lowest BCUT2D eigenvalue weighted by atomic mass is 9.99. The second kappa shape index (κ2) is 7.73. The highest BCUT2D eigenvalue weighted by molar-refractivity contribution is 5.85. The van der Waals surface area contributed by atoms with Crippen LogP contribution in [-0.4, -0.2) is 24.7 Å². The van der Waals surface area contributed by atoms with Gasteiger partial charge in [-0.25, -0.2) is 0 Å². The first-order valence-corrected chi connectivity index (χ1v) is 10.1. The second-order valence-electron chi connectivity index (χ2n) is 7.62. The van der Waals surface area contributed by atoms with E-state index in [1.54, 1.807) is 42.3 Å². The molecule has 8 nitrogen and oxygen atoms in total. The minimum absolute atomic E-state index is 0.0668. The maximum Gasteiger partial charge on any atom is 0.268 e. The van der Waals surface area contributed by atoms with Gasteiger partial charge < -0.3 is 14.4 Å². The van der Waals surface area contributed by atoms with Crippen molar-refractivity contribution in [2.24, 2.45) is 7.05 Å². The molecule has 4 heterocycles. The number of nitrogens with zero attached hydrogens (tertiary/aromatic N) is 5. The molecule has 32 heavy (non-hydrogen) atoms. The molecule has 0 radical (unpaired) electrons. The lowest BCUT2D eigenvalue weighted by molar-refractivity contribution is 0.433. The normalized spacial score (nSPS) is 11.1. The summed E-state index contributed by atoms with van der Waals surface area (Å²) in [6.07, 6.45) is 5.13. The number of rotatable bonds is 4. The Morgan fingerprint density at radius 1 is 1.00 bits per heavy atom. The highest BCUT2D eigenvalue weighted by Gasteiger charge is 2.14. The molecule has 5 aromatic rings. The molecule has 0 aliphatic heterocycles. The Balaban J connectivity index is 1.53. The number of hydrogen-bond acceptors (Lipinski definition) is 7. The van der Waals surface area contributed by atoms with Gasteiger partial charge in [-0.2, -0.15) is 4.98 Å². The molecule has 0 bridgehead atoms. The molecule has 158 valence electrons. The van der Waals surface area contributed by atoms with Crippen molar-refractivity contribution in [1.29, 1.82) is 0 Å². The average molecular weight is 424 g/mol. The molecule has 0 aliphatic rings. The van der Waals surface area contributed by atoms with E-state index in [9.17, 15) is 4.79 Å². The van der Waals surface area contributed by atoms with Crippen molar-refractivity contribution in [3.05, 3.63) is 82.7 Å². The van der Waals surface area contributed by atoms with E-state index in [0.29, 0.717) is 17.4 Å². The van der Waals surface area contributed by atoms with Gasteiger partial charge in [-0.15, -0.1) is 0 Å². The summed E-state index contributed by atoms with van der Waals surface area (Å²) >= 11 is 0. The van der Waals surface area contributed by atoms with Crippen LogP contribution in [0.4, 0.5) is 11.6 Å². The predicted molar refractivity (Wildman–Crippen MR) is 123 cm³/mol. The minimum atomic E-state index is -0.0668. The summed E-state index contributed by atoms with van der Waals surface area (Å²) in [5, 5.41) is 8.07. The first-order valence-electron chi connectivity index (χ1n) is 10.1. The summed E-state index contributed by atoms with van der Waals surface area (Å²) < 4.78 is 7.01. The molecule has 0 aliphatic carbocycles. The van der Waals surface area contributed by atoms with Gasteiger partial charge >= 0.3 is 0 Å². The van der Waals surface area contributed by atoms with Crippen LogP contribution in [0.3, 0.4) is 0 Å². The van der Waals surface area contributed by atoms with E-state index < -0.39 is 0 Å². The maximum absolute atomic E-state index is 13.2.